The summed E-state index contributed by atoms with van der Waals surface area (Å²) >= 11 is 1.08. The molecule has 2 heterocycles. The van der Waals surface area contributed by atoms with Gasteiger partial charge in [0.1, 0.15) is 10.8 Å². The Bertz CT molecular complexity index is 1280. The van der Waals surface area contributed by atoms with Gasteiger partial charge in [0, 0.05) is 16.7 Å². The van der Waals surface area contributed by atoms with Crippen molar-refractivity contribution in [1.29, 1.82) is 0 Å². The van der Waals surface area contributed by atoms with Crippen LogP contribution in [0.15, 0.2) is 34.4 Å². The maximum absolute atomic E-state index is 13.5. The second kappa shape index (κ2) is 11.5. The Morgan fingerprint density at radius 2 is 1.75 bits per heavy atom. The molecule has 8 nitrogen and oxygen atoms in total. The van der Waals surface area contributed by atoms with Crippen LogP contribution in [0.2, 0.25) is 0 Å². The molecule has 194 valence electrons. The second-order valence-electron chi connectivity index (χ2n) is 7.94. The molecule has 0 aliphatic carbocycles. The number of anilines is 1. The summed E-state index contributed by atoms with van der Waals surface area (Å²) in [5.41, 5.74) is -0.709. The summed E-state index contributed by atoms with van der Waals surface area (Å²) in [6.45, 7) is 5.65. The Labute approximate surface area is 209 Å². The standard InChI is InChI=1S/C24H26F3N3O5S/c1-4-7-14(8-5-2)20(31)28-21-18-17(13-36-21)19(23(33)34-6-3)29-30(22(18)32)15-9-11-16(12-10-15)35-24(25,26)27/h9-14H,4-8H2,1-3H3,(H,28,31). The van der Waals surface area contributed by atoms with Gasteiger partial charge in [-0.3, -0.25) is 9.59 Å². The average Bonchev–Trinajstić information content (AvgIpc) is 3.23. The Morgan fingerprint density at radius 1 is 1.11 bits per heavy atom. The van der Waals surface area contributed by atoms with E-state index in [4.69, 9.17) is 4.74 Å². The van der Waals surface area contributed by atoms with Crippen molar-refractivity contribution in [3.05, 3.63) is 45.7 Å². The Kier molecular flexibility index (Phi) is 8.72. The molecule has 0 radical (unpaired) electrons. The highest BCUT2D eigenvalue weighted by Gasteiger charge is 2.31. The van der Waals surface area contributed by atoms with Gasteiger partial charge in [0.2, 0.25) is 5.91 Å². The van der Waals surface area contributed by atoms with Crippen LogP contribution in [0.1, 0.15) is 56.9 Å². The van der Waals surface area contributed by atoms with Gasteiger partial charge in [0.15, 0.2) is 5.69 Å². The first-order chi connectivity index (χ1) is 17.1. The van der Waals surface area contributed by atoms with Gasteiger partial charge in [-0.25, -0.2) is 4.79 Å². The molecule has 0 aliphatic heterocycles. The fourth-order valence-corrected chi connectivity index (χ4v) is 4.71. The average molecular weight is 526 g/mol. The van der Waals surface area contributed by atoms with Gasteiger partial charge in [-0.05, 0) is 44.0 Å². The lowest BCUT2D eigenvalue weighted by atomic mass is 9.97. The number of nitrogens with zero attached hydrogens (tertiary/aromatic N) is 2. The van der Waals surface area contributed by atoms with Crippen molar-refractivity contribution in [3.63, 3.8) is 0 Å². The molecule has 12 heteroatoms. The Hall–Kier alpha value is -3.41. The number of fused-ring (bicyclic) bond motifs is 1. The molecule has 3 rings (SSSR count). The predicted octanol–water partition coefficient (Wildman–Crippen LogP) is 5.68. The molecule has 0 aliphatic rings. The smallest absolute Gasteiger partial charge is 0.461 e. The van der Waals surface area contributed by atoms with Crippen molar-refractivity contribution >= 4 is 39.0 Å². The number of thiophene rings is 1. The van der Waals surface area contributed by atoms with Crippen molar-refractivity contribution in [3.8, 4) is 11.4 Å². The Balaban J connectivity index is 2.11. The van der Waals surface area contributed by atoms with Crippen LogP contribution in [0.5, 0.6) is 5.75 Å². The summed E-state index contributed by atoms with van der Waals surface area (Å²) in [6.07, 6.45) is -1.85. The molecular formula is C24H26F3N3O5S. The number of carbonyl (C=O) groups excluding carboxylic acids is 2. The minimum atomic E-state index is -4.87. The minimum absolute atomic E-state index is 0.0635. The molecule has 0 saturated heterocycles. The zero-order chi connectivity index (χ0) is 26.5. The van der Waals surface area contributed by atoms with Gasteiger partial charge in [-0.15, -0.1) is 24.5 Å². The number of hydrogen-bond donors (Lipinski definition) is 1. The third-order valence-electron chi connectivity index (χ3n) is 5.32. The van der Waals surface area contributed by atoms with E-state index in [1.807, 2.05) is 13.8 Å². The van der Waals surface area contributed by atoms with Gasteiger partial charge in [0.05, 0.1) is 17.7 Å². The molecule has 36 heavy (non-hydrogen) atoms. The van der Waals surface area contributed by atoms with Gasteiger partial charge in [-0.2, -0.15) is 9.78 Å². The molecule has 1 N–H and O–H groups in total. The molecular weight excluding hydrogens is 499 g/mol. The van der Waals surface area contributed by atoms with E-state index in [-0.39, 0.29) is 45.6 Å². The number of ether oxygens (including phenoxy) is 2. The van der Waals surface area contributed by atoms with E-state index in [1.54, 1.807) is 12.3 Å². The lowest BCUT2D eigenvalue weighted by Gasteiger charge is -2.15. The second-order valence-corrected chi connectivity index (χ2v) is 8.82. The maximum Gasteiger partial charge on any atom is 0.573 e. The van der Waals surface area contributed by atoms with Crippen LogP contribution in [0.3, 0.4) is 0 Å². The molecule has 0 spiro atoms. The number of aromatic nitrogens is 2. The minimum Gasteiger partial charge on any atom is -0.461 e. The zero-order valence-corrected chi connectivity index (χ0v) is 20.8. The lowest BCUT2D eigenvalue weighted by Crippen LogP contribution is -2.27. The predicted molar refractivity (Wildman–Crippen MR) is 130 cm³/mol. The van der Waals surface area contributed by atoms with Crippen molar-refractivity contribution < 1.29 is 32.2 Å². The number of carbonyl (C=O) groups is 2. The quantitative estimate of drug-likeness (QED) is 0.342. The number of halogens is 3. The van der Waals surface area contributed by atoms with E-state index in [0.717, 1.165) is 41.0 Å². The molecule has 0 bridgehead atoms. The number of alkyl halides is 3. The maximum atomic E-state index is 13.5. The van der Waals surface area contributed by atoms with Crippen LogP contribution >= 0.6 is 11.3 Å². The third-order valence-corrected chi connectivity index (χ3v) is 6.21. The van der Waals surface area contributed by atoms with Crippen LogP contribution in [-0.2, 0) is 9.53 Å². The van der Waals surface area contributed by atoms with E-state index in [0.29, 0.717) is 12.8 Å². The topological polar surface area (TPSA) is 99.5 Å². The van der Waals surface area contributed by atoms with Gasteiger partial charge in [0.25, 0.3) is 5.56 Å². The van der Waals surface area contributed by atoms with Crippen molar-refractivity contribution in [2.24, 2.45) is 5.92 Å². The number of benzene rings is 1. The molecule has 2 aromatic heterocycles. The normalized spacial score (nSPS) is 11.6. The van der Waals surface area contributed by atoms with Crippen LogP contribution < -0.4 is 15.6 Å². The van der Waals surface area contributed by atoms with Crippen LogP contribution in [0.4, 0.5) is 18.2 Å². The molecule has 0 atom stereocenters. The van der Waals surface area contributed by atoms with Gasteiger partial charge >= 0.3 is 12.3 Å². The summed E-state index contributed by atoms with van der Waals surface area (Å²) < 4.78 is 47.4. The number of esters is 1. The highest BCUT2D eigenvalue weighted by Crippen LogP contribution is 2.32. The lowest BCUT2D eigenvalue weighted by molar-refractivity contribution is -0.274. The molecule has 1 aromatic carbocycles. The van der Waals surface area contributed by atoms with E-state index in [2.05, 4.69) is 15.2 Å². The fourth-order valence-electron chi connectivity index (χ4n) is 3.77. The number of hydrogen-bond acceptors (Lipinski definition) is 7. The SMILES string of the molecule is CCCC(CCC)C(=O)Nc1scc2c(C(=O)OCC)nn(-c3ccc(OC(F)(F)F)cc3)c(=O)c12. The first-order valence-corrected chi connectivity index (χ1v) is 12.4. The monoisotopic (exact) mass is 525 g/mol. The molecule has 0 fully saturated rings. The van der Waals surface area contributed by atoms with Crippen molar-refractivity contribution in [2.45, 2.75) is 52.8 Å². The number of rotatable bonds is 10. The fraction of sp³-hybridized carbons (Fsp3) is 0.417. The summed E-state index contributed by atoms with van der Waals surface area (Å²) in [4.78, 5) is 39.0. The molecule has 0 unspecified atom stereocenters. The zero-order valence-electron chi connectivity index (χ0n) is 20.0. The summed E-state index contributed by atoms with van der Waals surface area (Å²) in [5.74, 6) is -1.71. The highest BCUT2D eigenvalue weighted by atomic mass is 32.1. The molecule has 1 amide bonds. The van der Waals surface area contributed by atoms with Crippen LogP contribution in [0.25, 0.3) is 16.5 Å². The first-order valence-electron chi connectivity index (χ1n) is 11.5. The molecule has 0 saturated carbocycles. The van der Waals surface area contributed by atoms with Crippen molar-refractivity contribution in [2.75, 3.05) is 11.9 Å². The molecule has 3 aromatic rings. The third kappa shape index (κ3) is 6.23. The number of nitrogens with one attached hydrogen (secondary N) is 1. The van der Waals surface area contributed by atoms with E-state index >= 15 is 0 Å². The highest BCUT2D eigenvalue weighted by molar-refractivity contribution is 7.16. The summed E-state index contributed by atoms with van der Waals surface area (Å²) in [7, 11) is 0. The summed E-state index contributed by atoms with van der Waals surface area (Å²) in [6, 6.07) is 4.47. The first kappa shape index (κ1) is 27.2. The number of amides is 1. The largest absolute Gasteiger partial charge is 0.573 e. The van der Waals surface area contributed by atoms with Crippen LogP contribution in [-0.4, -0.2) is 34.6 Å². The van der Waals surface area contributed by atoms with E-state index in [9.17, 15) is 27.6 Å². The van der Waals surface area contributed by atoms with E-state index in [1.165, 1.54) is 12.1 Å². The van der Waals surface area contributed by atoms with E-state index < -0.39 is 23.6 Å². The van der Waals surface area contributed by atoms with Gasteiger partial charge in [-0.1, -0.05) is 26.7 Å². The summed E-state index contributed by atoms with van der Waals surface area (Å²) in [5, 5.41) is 9.06. The Morgan fingerprint density at radius 3 is 2.31 bits per heavy atom. The van der Waals surface area contributed by atoms with Crippen molar-refractivity contribution in [1.82, 2.24) is 9.78 Å². The van der Waals surface area contributed by atoms with Crippen LogP contribution in [0, 0.1) is 5.92 Å². The van der Waals surface area contributed by atoms with Gasteiger partial charge < -0.3 is 14.8 Å².